The van der Waals surface area contributed by atoms with Crippen LogP contribution in [-0.2, 0) is 12.8 Å². The van der Waals surface area contributed by atoms with Gasteiger partial charge in [-0.2, -0.15) is 0 Å². The van der Waals surface area contributed by atoms with E-state index in [-0.39, 0.29) is 11.6 Å². The van der Waals surface area contributed by atoms with E-state index in [1.807, 2.05) is 160 Å². The molecule has 1 aliphatic rings. The van der Waals surface area contributed by atoms with Gasteiger partial charge in [-0.05, 0) is 189 Å². The minimum atomic E-state index is -0.310. The van der Waals surface area contributed by atoms with E-state index >= 15 is 8.78 Å². The van der Waals surface area contributed by atoms with Gasteiger partial charge in [0.2, 0.25) is 0 Å². The number of benzene rings is 11. The highest BCUT2D eigenvalue weighted by atomic mass is 19.1. The summed E-state index contributed by atoms with van der Waals surface area (Å²) in [7, 11) is 0. The van der Waals surface area contributed by atoms with Crippen molar-refractivity contribution in [1.29, 1.82) is 0 Å². The van der Waals surface area contributed by atoms with E-state index in [0.29, 0.717) is 11.4 Å². The summed E-state index contributed by atoms with van der Waals surface area (Å²) in [4.78, 5) is 4.12. The predicted octanol–water partition coefficient (Wildman–Crippen LogP) is 21.6. The Labute approximate surface area is 452 Å². The molecule has 0 saturated heterocycles. The second-order valence-electron chi connectivity index (χ2n) is 19.0. The first-order chi connectivity index (χ1) is 37.8. The van der Waals surface area contributed by atoms with Crippen molar-refractivity contribution < 1.29 is 8.78 Å². The number of aryl methyl sites for hydroxylation is 2. The molecule has 0 unspecified atom stereocenters. The number of nitrogens with zero attached hydrogens (tertiary/aromatic N) is 2. The number of halogens is 2. The summed E-state index contributed by atoms with van der Waals surface area (Å²) in [6.45, 7) is 13.8. The minimum absolute atomic E-state index is 0.300. The standard InChI is InChI=1S/C60H40F2N2.C11H16.C2H6/c61-53-37-47(45-21-19-39-11-7-9-13-43(39)35-45)27-33-57(53)63(49-15-3-1-4-16-49)55-31-25-41-24-30-52-56(32-26-42-23-29-51(55)59(41)60(42)52)64(50-17-5-2-6-18-50)58-34-28-48(38-54(58)62)46-22-20-40-12-8-10-14-44(40)36-46;1-5-8-11(9-6-2)10(4)7-3;1-2/h1-23,25-29,31-38H,24,30H2;5-9H,3H2,1-2,4H3;1-2H3/b;8-5-,9-6-;. The van der Waals surface area contributed by atoms with Crippen molar-refractivity contribution in [1.82, 2.24) is 0 Å². The van der Waals surface area contributed by atoms with Gasteiger partial charge in [0.25, 0.3) is 0 Å². The van der Waals surface area contributed by atoms with Crippen LogP contribution in [0.4, 0.5) is 42.9 Å². The number of hydrogen-bond acceptors (Lipinski definition) is 2. The largest absolute Gasteiger partial charge is 0.307 e. The van der Waals surface area contributed by atoms with E-state index in [9.17, 15) is 0 Å². The van der Waals surface area contributed by atoms with Gasteiger partial charge in [-0.1, -0.05) is 196 Å². The molecule has 0 radical (unpaired) electrons. The fraction of sp³-hybridized carbons (Fsp3) is 0.0959. The zero-order chi connectivity index (χ0) is 53.4. The molecular formula is C73H62F2N2. The molecule has 0 bridgehead atoms. The summed E-state index contributed by atoms with van der Waals surface area (Å²) >= 11 is 0. The topological polar surface area (TPSA) is 6.48 Å². The third-order valence-corrected chi connectivity index (χ3v) is 14.5. The van der Waals surface area contributed by atoms with Crippen LogP contribution in [0.1, 0.15) is 45.7 Å². The Morgan fingerprint density at radius 1 is 0.429 bits per heavy atom. The molecule has 0 heterocycles. The summed E-state index contributed by atoms with van der Waals surface area (Å²) in [5.74, 6) is -0.611. The van der Waals surface area contributed by atoms with Crippen molar-refractivity contribution in [3.63, 3.8) is 0 Å². The lowest BCUT2D eigenvalue weighted by molar-refractivity contribution is 0.629. The highest BCUT2D eigenvalue weighted by Gasteiger charge is 2.27. The van der Waals surface area contributed by atoms with Crippen LogP contribution in [0.25, 0.3) is 65.3 Å². The fourth-order valence-electron chi connectivity index (χ4n) is 10.7. The smallest absolute Gasteiger partial charge is 0.147 e. The lowest BCUT2D eigenvalue weighted by Gasteiger charge is -2.32. The van der Waals surface area contributed by atoms with Crippen LogP contribution in [0.15, 0.2) is 266 Å². The lowest BCUT2D eigenvalue weighted by atomic mass is 9.84. The molecule has 11 aromatic carbocycles. The fourth-order valence-corrected chi connectivity index (χ4v) is 10.7. The van der Waals surface area contributed by atoms with Gasteiger partial charge in [0.15, 0.2) is 0 Å². The summed E-state index contributed by atoms with van der Waals surface area (Å²) < 4.78 is 33.8. The molecule has 0 spiro atoms. The molecule has 0 aliphatic heterocycles. The number of para-hydroxylation sites is 2. The molecular weight excluding hydrogens is 943 g/mol. The molecule has 0 N–H and O–H groups in total. The molecule has 1 aliphatic carbocycles. The van der Waals surface area contributed by atoms with Gasteiger partial charge in [-0.25, -0.2) is 8.78 Å². The average Bonchev–Trinajstić information content (AvgIpc) is 3.61. The highest BCUT2D eigenvalue weighted by Crippen LogP contribution is 2.49. The third-order valence-electron chi connectivity index (χ3n) is 14.5. The van der Waals surface area contributed by atoms with Crippen LogP contribution in [-0.4, -0.2) is 0 Å². The summed E-state index contributed by atoms with van der Waals surface area (Å²) in [6, 6.07) is 73.3. The molecule has 12 rings (SSSR count). The Morgan fingerprint density at radius 3 is 1.36 bits per heavy atom. The maximum absolute atomic E-state index is 16.9. The Morgan fingerprint density at radius 2 is 0.857 bits per heavy atom. The van der Waals surface area contributed by atoms with Crippen LogP contribution in [0.3, 0.4) is 0 Å². The second-order valence-corrected chi connectivity index (χ2v) is 19.0. The second kappa shape index (κ2) is 23.2. The Hall–Kier alpha value is -9.12. The van der Waals surface area contributed by atoms with E-state index in [1.165, 1.54) is 16.7 Å². The van der Waals surface area contributed by atoms with Crippen LogP contribution < -0.4 is 9.80 Å². The molecule has 378 valence electrons. The average molecular weight is 1010 g/mol. The molecule has 4 heteroatoms. The van der Waals surface area contributed by atoms with E-state index in [1.54, 1.807) is 12.1 Å². The van der Waals surface area contributed by atoms with Crippen LogP contribution in [0, 0.1) is 11.6 Å². The normalized spacial score (nSPS) is 11.7. The van der Waals surface area contributed by atoms with Crippen molar-refractivity contribution in [2.45, 2.75) is 47.5 Å². The monoisotopic (exact) mass is 1000 g/mol. The van der Waals surface area contributed by atoms with Crippen molar-refractivity contribution >= 4 is 77.2 Å². The van der Waals surface area contributed by atoms with Crippen LogP contribution in [0.5, 0.6) is 0 Å². The van der Waals surface area contributed by atoms with Gasteiger partial charge in [-0.3, -0.25) is 0 Å². The van der Waals surface area contributed by atoms with E-state index in [0.717, 1.165) is 106 Å². The molecule has 0 atom stereocenters. The quantitative estimate of drug-likeness (QED) is 0.0941. The lowest BCUT2D eigenvalue weighted by Crippen LogP contribution is -2.16. The van der Waals surface area contributed by atoms with E-state index < -0.39 is 0 Å². The number of allylic oxidation sites excluding steroid dienone is 7. The Kier molecular flexibility index (Phi) is 15.5. The van der Waals surface area contributed by atoms with Crippen molar-refractivity contribution in [3.8, 4) is 22.3 Å². The van der Waals surface area contributed by atoms with Crippen molar-refractivity contribution in [2.24, 2.45) is 0 Å². The SMILES string of the molecule is C=CC(C)=C(/C=C\C)/C=C\C.CC.Fc1cc(-c2ccc3ccccc3c2)ccc1N(c1ccccc1)c1ccc2ccc3c(N(c4ccccc4)c4ccc(-c5ccc6ccccc6c5)cc4F)ccc4c3c2c1CC4. The van der Waals surface area contributed by atoms with E-state index in [2.05, 4.69) is 128 Å². The van der Waals surface area contributed by atoms with Gasteiger partial charge in [0.1, 0.15) is 11.6 Å². The maximum Gasteiger partial charge on any atom is 0.147 e. The molecule has 2 nitrogen and oxygen atoms in total. The highest BCUT2D eigenvalue weighted by molar-refractivity contribution is 6.17. The molecule has 0 amide bonds. The van der Waals surface area contributed by atoms with Gasteiger partial charge >= 0.3 is 0 Å². The summed E-state index contributed by atoms with van der Waals surface area (Å²) in [5, 5.41) is 8.97. The van der Waals surface area contributed by atoms with Crippen LogP contribution in [0.2, 0.25) is 0 Å². The van der Waals surface area contributed by atoms with Crippen molar-refractivity contribution in [2.75, 3.05) is 9.80 Å². The number of anilines is 6. The van der Waals surface area contributed by atoms with Gasteiger partial charge < -0.3 is 9.80 Å². The van der Waals surface area contributed by atoms with E-state index in [4.69, 9.17) is 0 Å². The van der Waals surface area contributed by atoms with Crippen molar-refractivity contribution in [3.05, 3.63) is 289 Å². The third kappa shape index (κ3) is 10.4. The first kappa shape index (κ1) is 51.4. The molecule has 0 fully saturated rings. The van der Waals surface area contributed by atoms with Gasteiger partial charge in [0.05, 0.1) is 22.7 Å². The first-order valence-electron chi connectivity index (χ1n) is 26.7. The summed E-state index contributed by atoms with van der Waals surface area (Å²) in [5.41, 5.74) is 12.9. The predicted molar refractivity (Wildman–Crippen MR) is 328 cm³/mol. The minimum Gasteiger partial charge on any atom is -0.307 e. The number of rotatable bonds is 11. The van der Waals surface area contributed by atoms with Gasteiger partial charge in [-0.15, -0.1) is 0 Å². The molecule has 11 aromatic rings. The molecule has 77 heavy (non-hydrogen) atoms. The Balaban J connectivity index is 0.000000464. The Bertz CT molecular complexity index is 4020. The zero-order valence-corrected chi connectivity index (χ0v) is 44.4. The molecule has 0 aromatic heterocycles. The number of fused-ring (bicyclic) bond motifs is 2. The van der Waals surface area contributed by atoms with Gasteiger partial charge in [0, 0.05) is 16.8 Å². The summed E-state index contributed by atoms with van der Waals surface area (Å²) in [6.07, 6.45) is 11.7. The number of hydrogen-bond donors (Lipinski definition) is 0. The zero-order valence-electron chi connectivity index (χ0n) is 44.4. The van der Waals surface area contributed by atoms with Crippen LogP contribution >= 0.6 is 0 Å². The maximum atomic E-state index is 16.9. The molecule has 0 saturated carbocycles. The first-order valence-corrected chi connectivity index (χ1v) is 26.7.